The van der Waals surface area contributed by atoms with E-state index in [4.69, 9.17) is 0 Å². The van der Waals surface area contributed by atoms with E-state index >= 15 is 0 Å². The quantitative estimate of drug-likeness (QED) is 0.776. The van der Waals surface area contributed by atoms with Crippen LogP contribution in [0, 0.1) is 0 Å². The van der Waals surface area contributed by atoms with Crippen molar-refractivity contribution in [2.24, 2.45) is 0 Å². The van der Waals surface area contributed by atoms with E-state index in [-0.39, 0.29) is 11.9 Å². The molecule has 6 heteroatoms. The van der Waals surface area contributed by atoms with Crippen LogP contribution in [-0.2, 0) is 6.54 Å². The Labute approximate surface area is 158 Å². The van der Waals surface area contributed by atoms with Crippen LogP contribution in [0.15, 0.2) is 67.0 Å². The molecule has 1 fully saturated rings. The molecular formula is C21H23N5O. The summed E-state index contributed by atoms with van der Waals surface area (Å²) in [5.41, 5.74) is 2.98. The summed E-state index contributed by atoms with van der Waals surface area (Å²) >= 11 is 0. The maximum absolute atomic E-state index is 13.2. The third-order valence-corrected chi connectivity index (χ3v) is 4.93. The Balaban J connectivity index is 1.54. The van der Waals surface area contributed by atoms with E-state index in [0.717, 1.165) is 37.2 Å². The Morgan fingerprint density at radius 3 is 2.67 bits per heavy atom. The Bertz CT molecular complexity index is 861. The van der Waals surface area contributed by atoms with Crippen LogP contribution in [-0.4, -0.2) is 45.4 Å². The van der Waals surface area contributed by atoms with Crippen molar-refractivity contribution in [2.75, 3.05) is 19.6 Å². The van der Waals surface area contributed by atoms with E-state index in [0.29, 0.717) is 6.54 Å². The van der Waals surface area contributed by atoms with Crippen LogP contribution in [0.3, 0.4) is 0 Å². The van der Waals surface area contributed by atoms with Crippen molar-refractivity contribution >= 4 is 5.91 Å². The minimum Gasteiger partial charge on any atom is -0.330 e. The highest BCUT2D eigenvalue weighted by Crippen LogP contribution is 2.24. The lowest BCUT2D eigenvalue weighted by atomic mass is 10.0. The number of nitrogens with one attached hydrogen (secondary N) is 1. The summed E-state index contributed by atoms with van der Waals surface area (Å²) in [5, 5.41) is 11.3. The molecule has 1 aromatic heterocycles. The molecule has 1 aliphatic heterocycles. The van der Waals surface area contributed by atoms with Crippen molar-refractivity contribution in [1.29, 1.82) is 0 Å². The van der Waals surface area contributed by atoms with Crippen LogP contribution in [0.25, 0.3) is 0 Å². The normalized spacial score (nSPS) is 17.5. The largest absolute Gasteiger partial charge is 0.330 e. The molecule has 4 rings (SSSR count). The zero-order valence-electron chi connectivity index (χ0n) is 15.2. The van der Waals surface area contributed by atoms with Gasteiger partial charge in [0.2, 0.25) is 0 Å². The highest BCUT2D eigenvalue weighted by Gasteiger charge is 2.27. The lowest BCUT2D eigenvalue weighted by Crippen LogP contribution is -2.37. The molecule has 27 heavy (non-hydrogen) atoms. The second-order valence-electron chi connectivity index (χ2n) is 6.78. The third kappa shape index (κ3) is 4.06. The Morgan fingerprint density at radius 1 is 1.11 bits per heavy atom. The summed E-state index contributed by atoms with van der Waals surface area (Å²) in [6, 6.07) is 18.1. The second kappa shape index (κ2) is 8.14. The first kappa shape index (κ1) is 17.4. The fourth-order valence-corrected chi connectivity index (χ4v) is 3.52. The smallest absolute Gasteiger partial charge is 0.254 e. The summed E-state index contributed by atoms with van der Waals surface area (Å²) in [7, 11) is 0. The third-order valence-electron chi connectivity index (χ3n) is 4.93. The van der Waals surface area contributed by atoms with Gasteiger partial charge in [-0.15, -0.1) is 5.10 Å². The average Bonchev–Trinajstić information content (AvgIpc) is 3.10. The molecule has 0 radical (unpaired) electrons. The Hall–Kier alpha value is -2.99. The van der Waals surface area contributed by atoms with E-state index in [1.807, 2.05) is 53.6 Å². The molecule has 1 unspecified atom stereocenters. The fraction of sp³-hybridized carbons (Fsp3) is 0.286. The van der Waals surface area contributed by atoms with Gasteiger partial charge in [0.05, 0.1) is 18.8 Å². The number of amides is 1. The van der Waals surface area contributed by atoms with Crippen molar-refractivity contribution < 1.29 is 4.79 Å². The first-order valence-corrected chi connectivity index (χ1v) is 9.31. The van der Waals surface area contributed by atoms with Gasteiger partial charge in [-0.2, -0.15) is 0 Å². The molecule has 2 heterocycles. The molecule has 1 aliphatic rings. The van der Waals surface area contributed by atoms with Crippen LogP contribution in [0.1, 0.15) is 33.9 Å². The van der Waals surface area contributed by atoms with Gasteiger partial charge in [-0.3, -0.25) is 4.79 Å². The molecule has 0 spiro atoms. The van der Waals surface area contributed by atoms with Gasteiger partial charge in [-0.05, 0) is 36.2 Å². The summed E-state index contributed by atoms with van der Waals surface area (Å²) in [6.45, 7) is 3.12. The molecule has 2 aromatic carbocycles. The molecule has 138 valence electrons. The predicted octanol–water partition coefficient (Wildman–Crippen LogP) is 2.50. The lowest BCUT2D eigenvalue weighted by molar-refractivity contribution is 0.0691. The average molecular weight is 361 g/mol. The number of carbonyl (C=O) groups is 1. The van der Waals surface area contributed by atoms with Gasteiger partial charge in [-0.25, -0.2) is 4.68 Å². The first-order valence-electron chi connectivity index (χ1n) is 9.31. The topological polar surface area (TPSA) is 63.1 Å². The molecule has 1 saturated heterocycles. The summed E-state index contributed by atoms with van der Waals surface area (Å²) in [4.78, 5) is 15.2. The van der Waals surface area contributed by atoms with E-state index in [9.17, 15) is 4.79 Å². The van der Waals surface area contributed by atoms with Crippen molar-refractivity contribution in [1.82, 2.24) is 25.2 Å². The van der Waals surface area contributed by atoms with E-state index < -0.39 is 0 Å². The summed E-state index contributed by atoms with van der Waals surface area (Å²) in [5.74, 6) is 0.0832. The minimum absolute atomic E-state index is 0.0519. The lowest BCUT2D eigenvalue weighted by Gasteiger charge is -2.30. The van der Waals surface area contributed by atoms with Crippen molar-refractivity contribution in [3.63, 3.8) is 0 Å². The Morgan fingerprint density at radius 2 is 1.93 bits per heavy atom. The van der Waals surface area contributed by atoms with E-state index in [1.54, 1.807) is 10.9 Å². The first-order chi connectivity index (χ1) is 13.3. The van der Waals surface area contributed by atoms with Crippen LogP contribution in [0.5, 0.6) is 0 Å². The monoisotopic (exact) mass is 361 g/mol. The van der Waals surface area contributed by atoms with Gasteiger partial charge in [0, 0.05) is 24.8 Å². The van der Waals surface area contributed by atoms with Crippen LogP contribution in [0.2, 0.25) is 0 Å². The minimum atomic E-state index is 0.0519. The van der Waals surface area contributed by atoms with Crippen molar-refractivity contribution in [3.8, 4) is 0 Å². The number of hydrogen-bond acceptors (Lipinski definition) is 4. The Kier molecular flexibility index (Phi) is 5.25. The second-order valence-corrected chi connectivity index (χ2v) is 6.78. The summed E-state index contributed by atoms with van der Waals surface area (Å²) in [6.07, 6.45) is 4.45. The van der Waals surface area contributed by atoms with Gasteiger partial charge in [-0.1, -0.05) is 47.7 Å². The number of aromatic nitrogens is 3. The molecule has 0 bridgehead atoms. The zero-order chi connectivity index (χ0) is 18.5. The van der Waals surface area contributed by atoms with Gasteiger partial charge in [0.25, 0.3) is 5.91 Å². The van der Waals surface area contributed by atoms with Crippen LogP contribution < -0.4 is 5.32 Å². The molecule has 6 nitrogen and oxygen atoms in total. The van der Waals surface area contributed by atoms with Crippen LogP contribution in [0.4, 0.5) is 0 Å². The van der Waals surface area contributed by atoms with Gasteiger partial charge in [0.15, 0.2) is 0 Å². The van der Waals surface area contributed by atoms with Gasteiger partial charge < -0.3 is 10.2 Å². The number of rotatable bonds is 4. The molecule has 1 amide bonds. The van der Waals surface area contributed by atoms with E-state index in [2.05, 4.69) is 27.8 Å². The SMILES string of the molecule is O=C(c1ccc(Cn2ccnn2)cc1)N1CCCNCC1c1ccccc1. The number of benzene rings is 2. The highest BCUT2D eigenvalue weighted by molar-refractivity contribution is 5.94. The molecule has 1 N–H and O–H groups in total. The van der Waals surface area contributed by atoms with Crippen LogP contribution >= 0.6 is 0 Å². The summed E-state index contributed by atoms with van der Waals surface area (Å²) < 4.78 is 1.77. The number of carbonyl (C=O) groups excluding carboxylic acids is 1. The van der Waals surface area contributed by atoms with Crippen molar-refractivity contribution in [2.45, 2.75) is 19.0 Å². The molecule has 0 saturated carbocycles. The highest BCUT2D eigenvalue weighted by atomic mass is 16.2. The molecular weight excluding hydrogens is 338 g/mol. The standard InChI is InChI=1S/C21H23N5O/c27-21(19-9-7-17(8-10-19)16-25-14-12-23-24-25)26-13-4-11-22-15-20(26)18-5-2-1-3-6-18/h1-3,5-10,12,14,20,22H,4,11,13,15-16H2. The van der Waals surface area contributed by atoms with Crippen molar-refractivity contribution in [3.05, 3.63) is 83.7 Å². The fourth-order valence-electron chi connectivity index (χ4n) is 3.52. The number of hydrogen-bond donors (Lipinski definition) is 1. The molecule has 3 aromatic rings. The number of nitrogens with zero attached hydrogens (tertiary/aromatic N) is 4. The maximum atomic E-state index is 13.2. The predicted molar refractivity (Wildman–Crippen MR) is 103 cm³/mol. The zero-order valence-corrected chi connectivity index (χ0v) is 15.2. The van der Waals surface area contributed by atoms with Gasteiger partial charge in [0.1, 0.15) is 0 Å². The maximum Gasteiger partial charge on any atom is 0.254 e. The molecule has 0 aliphatic carbocycles. The van der Waals surface area contributed by atoms with E-state index in [1.165, 1.54) is 5.56 Å². The molecule has 1 atom stereocenters. The van der Waals surface area contributed by atoms with Gasteiger partial charge >= 0.3 is 0 Å².